The summed E-state index contributed by atoms with van der Waals surface area (Å²) in [5, 5.41) is 12.6. The topological polar surface area (TPSA) is 67.1 Å². The number of imidazole rings is 1. The number of phenolic OH excluding ortho intramolecular Hbond substituents is 1. The number of hydrogen-bond donors (Lipinski definition) is 2. The van der Waals surface area contributed by atoms with E-state index in [1.54, 1.807) is 18.5 Å². The molecule has 0 unspecified atom stereocenters. The van der Waals surface area contributed by atoms with E-state index in [9.17, 15) is 9.90 Å². The molecule has 1 aliphatic rings. The van der Waals surface area contributed by atoms with Crippen LogP contribution in [0.25, 0.3) is 5.69 Å². The number of carbonyl (C=O) groups excluding carboxylic acids is 1. The molecule has 3 aromatic rings. The molecule has 0 saturated carbocycles. The van der Waals surface area contributed by atoms with Crippen molar-refractivity contribution in [2.24, 2.45) is 0 Å². The highest BCUT2D eigenvalue weighted by atomic mass is 32.2. The Bertz CT molecular complexity index is 892. The van der Waals surface area contributed by atoms with Gasteiger partial charge in [-0.1, -0.05) is 30.3 Å². The molecule has 0 fully saturated rings. The van der Waals surface area contributed by atoms with Gasteiger partial charge in [0.15, 0.2) is 5.82 Å². The van der Waals surface area contributed by atoms with Gasteiger partial charge in [0.05, 0.1) is 16.7 Å². The summed E-state index contributed by atoms with van der Waals surface area (Å²) in [6.45, 7) is 0. The van der Waals surface area contributed by atoms with Gasteiger partial charge in [-0.3, -0.25) is 9.36 Å². The highest BCUT2D eigenvalue weighted by Gasteiger charge is 2.29. The Balaban J connectivity index is 1.89. The van der Waals surface area contributed by atoms with Crippen molar-refractivity contribution in [1.29, 1.82) is 0 Å². The second-order valence-electron chi connectivity index (χ2n) is 5.52. The van der Waals surface area contributed by atoms with Gasteiger partial charge in [-0.05, 0) is 29.8 Å². The number of benzene rings is 2. The second-order valence-corrected chi connectivity index (χ2v) is 6.61. The second kappa shape index (κ2) is 6.05. The third-order valence-corrected chi connectivity index (χ3v) is 5.16. The fourth-order valence-corrected chi connectivity index (χ4v) is 3.96. The number of rotatable bonds is 2. The third kappa shape index (κ3) is 2.65. The summed E-state index contributed by atoms with van der Waals surface area (Å²) in [6, 6.07) is 17.0. The van der Waals surface area contributed by atoms with Gasteiger partial charge in [-0.2, -0.15) is 0 Å². The predicted molar refractivity (Wildman–Crippen MR) is 94.6 cm³/mol. The standard InChI is InChI=1S/C18H15N3O2S/c22-14-8-4-5-12(9-14)17-16-18(20-15(23)10-24-17)19-11-21(16)13-6-2-1-3-7-13/h1-9,11,17,22H,10H2,(H,20,23)/t17-/m1/s1. The van der Waals surface area contributed by atoms with Crippen molar-refractivity contribution < 1.29 is 9.90 Å². The summed E-state index contributed by atoms with van der Waals surface area (Å²) >= 11 is 1.53. The maximum Gasteiger partial charge on any atom is 0.235 e. The van der Waals surface area contributed by atoms with Gasteiger partial charge >= 0.3 is 0 Å². The van der Waals surface area contributed by atoms with Crippen LogP contribution in [0.15, 0.2) is 60.9 Å². The van der Waals surface area contributed by atoms with Crippen LogP contribution in [-0.4, -0.2) is 26.3 Å². The van der Waals surface area contributed by atoms with Crippen molar-refractivity contribution in [1.82, 2.24) is 9.55 Å². The quantitative estimate of drug-likeness (QED) is 0.752. The lowest BCUT2D eigenvalue weighted by molar-refractivity contribution is -0.113. The van der Waals surface area contributed by atoms with E-state index in [2.05, 4.69) is 10.3 Å². The molecule has 2 N–H and O–H groups in total. The molecule has 120 valence electrons. The lowest BCUT2D eigenvalue weighted by atomic mass is 10.1. The van der Waals surface area contributed by atoms with E-state index in [1.165, 1.54) is 11.8 Å². The number of nitrogens with zero attached hydrogens (tertiary/aromatic N) is 2. The Hall–Kier alpha value is -2.73. The number of carbonyl (C=O) groups is 1. The van der Waals surface area contributed by atoms with E-state index < -0.39 is 0 Å². The van der Waals surface area contributed by atoms with Gasteiger partial charge in [0, 0.05) is 5.69 Å². The number of aromatic nitrogens is 2. The van der Waals surface area contributed by atoms with E-state index in [4.69, 9.17) is 0 Å². The third-order valence-electron chi connectivity index (χ3n) is 3.90. The number of nitrogens with one attached hydrogen (secondary N) is 1. The molecule has 5 nitrogen and oxygen atoms in total. The van der Waals surface area contributed by atoms with E-state index >= 15 is 0 Å². The minimum absolute atomic E-state index is 0.0674. The van der Waals surface area contributed by atoms with Crippen molar-refractivity contribution in [3.63, 3.8) is 0 Å². The average molecular weight is 337 g/mol. The Kier molecular flexibility index (Phi) is 3.74. The molecule has 24 heavy (non-hydrogen) atoms. The summed E-state index contributed by atoms with van der Waals surface area (Å²) in [4.78, 5) is 16.4. The Morgan fingerprint density at radius 2 is 2.00 bits per heavy atom. The minimum atomic E-state index is -0.103. The SMILES string of the molecule is O=C1CS[C@H](c2cccc(O)c2)c2c(ncn2-c2ccccc2)N1. The van der Waals surface area contributed by atoms with Gasteiger partial charge < -0.3 is 10.4 Å². The predicted octanol–water partition coefficient (Wildman–Crippen LogP) is 3.35. The van der Waals surface area contributed by atoms with Gasteiger partial charge in [0.2, 0.25) is 5.91 Å². The van der Waals surface area contributed by atoms with Crippen molar-refractivity contribution in [3.8, 4) is 11.4 Å². The van der Waals surface area contributed by atoms with Crippen LogP contribution in [0, 0.1) is 0 Å². The Morgan fingerprint density at radius 1 is 1.17 bits per heavy atom. The zero-order valence-corrected chi connectivity index (χ0v) is 13.5. The van der Waals surface area contributed by atoms with E-state index in [1.807, 2.05) is 47.0 Å². The van der Waals surface area contributed by atoms with Crippen molar-refractivity contribution in [2.45, 2.75) is 5.25 Å². The molecule has 6 heteroatoms. The lowest BCUT2D eigenvalue weighted by Gasteiger charge is -2.18. The lowest BCUT2D eigenvalue weighted by Crippen LogP contribution is -2.12. The van der Waals surface area contributed by atoms with Crippen LogP contribution in [0.3, 0.4) is 0 Å². The summed E-state index contributed by atoms with van der Waals surface area (Å²) in [6.07, 6.45) is 1.72. The number of hydrogen-bond acceptors (Lipinski definition) is 4. The van der Waals surface area contributed by atoms with Crippen LogP contribution in [0.2, 0.25) is 0 Å². The van der Waals surface area contributed by atoms with Crippen LogP contribution < -0.4 is 5.32 Å². The molecular weight excluding hydrogens is 322 g/mol. The molecule has 2 heterocycles. The first-order chi connectivity index (χ1) is 11.7. The number of fused-ring (bicyclic) bond motifs is 1. The van der Waals surface area contributed by atoms with Crippen molar-refractivity contribution in [2.75, 3.05) is 11.1 Å². The number of phenols is 1. The molecule has 1 amide bonds. The Morgan fingerprint density at radius 3 is 2.79 bits per heavy atom. The molecule has 0 aliphatic carbocycles. The molecule has 2 aromatic carbocycles. The molecular formula is C18H15N3O2S. The summed E-state index contributed by atoms with van der Waals surface area (Å²) in [5.74, 6) is 1.05. The molecule has 0 bridgehead atoms. The van der Waals surface area contributed by atoms with Crippen LogP contribution >= 0.6 is 11.8 Å². The summed E-state index contributed by atoms with van der Waals surface area (Å²) < 4.78 is 1.99. The van der Waals surface area contributed by atoms with Gasteiger partial charge in [0.25, 0.3) is 0 Å². The van der Waals surface area contributed by atoms with Gasteiger partial charge in [-0.15, -0.1) is 11.8 Å². The maximum absolute atomic E-state index is 12.0. The normalized spacial score (nSPS) is 17.0. The van der Waals surface area contributed by atoms with E-state index in [0.29, 0.717) is 11.6 Å². The zero-order valence-electron chi connectivity index (χ0n) is 12.7. The minimum Gasteiger partial charge on any atom is -0.508 e. The monoisotopic (exact) mass is 337 g/mol. The number of aromatic hydroxyl groups is 1. The zero-order chi connectivity index (χ0) is 16.5. The smallest absolute Gasteiger partial charge is 0.235 e. The fraction of sp³-hybridized carbons (Fsp3) is 0.111. The van der Waals surface area contributed by atoms with Crippen molar-refractivity contribution >= 4 is 23.5 Å². The highest BCUT2D eigenvalue weighted by molar-refractivity contribution is 8.00. The average Bonchev–Trinajstić information content (AvgIpc) is 2.92. The molecule has 0 spiro atoms. The Labute approximate surface area is 143 Å². The van der Waals surface area contributed by atoms with Crippen LogP contribution in [0.4, 0.5) is 5.82 Å². The molecule has 0 saturated heterocycles. The summed E-state index contributed by atoms with van der Waals surface area (Å²) in [5.41, 5.74) is 2.83. The van der Waals surface area contributed by atoms with E-state index in [0.717, 1.165) is 16.9 Å². The number of para-hydroxylation sites is 1. The first kappa shape index (κ1) is 14.8. The number of thioether (sulfide) groups is 1. The molecule has 1 atom stereocenters. The van der Waals surface area contributed by atoms with Crippen molar-refractivity contribution in [3.05, 3.63) is 72.2 Å². The fourth-order valence-electron chi connectivity index (χ4n) is 2.85. The number of anilines is 1. The van der Waals surface area contributed by atoms with Crippen LogP contribution in [0.1, 0.15) is 16.5 Å². The number of amides is 1. The highest BCUT2D eigenvalue weighted by Crippen LogP contribution is 2.42. The first-order valence-corrected chi connectivity index (χ1v) is 8.60. The summed E-state index contributed by atoms with van der Waals surface area (Å²) in [7, 11) is 0. The van der Waals surface area contributed by atoms with Gasteiger partial charge in [0.1, 0.15) is 12.1 Å². The first-order valence-electron chi connectivity index (χ1n) is 7.55. The van der Waals surface area contributed by atoms with E-state index in [-0.39, 0.29) is 16.9 Å². The van der Waals surface area contributed by atoms with Crippen LogP contribution in [-0.2, 0) is 4.79 Å². The van der Waals surface area contributed by atoms with Crippen LogP contribution in [0.5, 0.6) is 5.75 Å². The van der Waals surface area contributed by atoms with Gasteiger partial charge in [-0.25, -0.2) is 4.98 Å². The molecule has 0 radical (unpaired) electrons. The maximum atomic E-state index is 12.0. The molecule has 1 aromatic heterocycles. The molecule has 4 rings (SSSR count). The molecule has 1 aliphatic heterocycles. The largest absolute Gasteiger partial charge is 0.508 e.